The fourth-order valence-corrected chi connectivity index (χ4v) is 2.71. The molecule has 0 saturated carbocycles. The molecule has 1 aromatic carbocycles. The van der Waals surface area contributed by atoms with Gasteiger partial charge in [0.15, 0.2) is 11.5 Å². The Morgan fingerprint density at radius 2 is 2.00 bits per heavy atom. The molecule has 18 heavy (non-hydrogen) atoms. The van der Waals surface area contributed by atoms with E-state index in [9.17, 15) is 8.42 Å². The van der Waals surface area contributed by atoms with Crippen LogP contribution in [0.4, 0.5) is 0 Å². The highest BCUT2D eigenvalue weighted by atomic mass is 32.2. The predicted octanol–water partition coefficient (Wildman–Crippen LogP) is 0.00680. The van der Waals surface area contributed by atoms with Crippen LogP contribution in [0, 0.1) is 0 Å². The van der Waals surface area contributed by atoms with Gasteiger partial charge < -0.3 is 9.47 Å². The molecule has 0 aliphatic carbocycles. The van der Waals surface area contributed by atoms with Crippen molar-refractivity contribution < 1.29 is 17.9 Å². The summed E-state index contributed by atoms with van der Waals surface area (Å²) in [6.07, 6.45) is 1.18. The number of benzene rings is 1. The van der Waals surface area contributed by atoms with Crippen LogP contribution in [0.3, 0.4) is 0 Å². The van der Waals surface area contributed by atoms with Crippen molar-refractivity contribution in [3.63, 3.8) is 0 Å². The fourth-order valence-electron chi connectivity index (χ4n) is 1.82. The largest absolute Gasteiger partial charge is 0.486 e. The highest BCUT2D eigenvalue weighted by Gasteiger charge is 2.19. The van der Waals surface area contributed by atoms with E-state index in [1.54, 1.807) is 18.2 Å². The molecule has 1 aromatic rings. The second-order valence-electron chi connectivity index (χ2n) is 4.21. The normalized spacial score (nSPS) is 16.3. The zero-order chi connectivity index (χ0) is 13.2. The minimum absolute atomic E-state index is 0.0663. The van der Waals surface area contributed by atoms with Crippen molar-refractivity contribution in [2.75, 3.05) is 25.2 Å². The van der Waals surface area contributed by atoms with E-state index in [0.29, 0.717) is 24.7 Å². The third-order valence-corrected chi connectivity index (χ3v) is 3.58. The maximum atomic E-state index is 11.3. The van der Waals surface area contributed by atoms with Crippen molar-refractivity contribution in [3.8, 4) is 11.5 Å². The van der Waals surface area contributed by atoms with Crippen LogP contribution in [-0.4, -0.2) is 33.6 Å². The van der Waals surface area contributed by atoms with Gasteiger partial charge in [0.1, 0.15) is 23.1 Å². The molecule has 7 heteroatoms. The molecule has 0 bridgehead atoms. The van der Waals surface area contributed by atoms with Crippen molar-refractivity contribution >= 4 is 9.84 Å². The number of ether oxygens (including phenoxy) is 2. The monoisotopic (exact) mass is 272 g/mol. The van der Waals surface area contributed by atoms with E-state index >= 15 is 0 Å². The minimum atomic E-state index is -3.12. The lowest BCUT2D eigenvalue weighted by Gasteiger charge is -2.21. The fraction of sp³-hybridized carbons (Fsp3) is 0.455. The van der Waals surface area contributed by atoms with Crippen LogP contribution in [0.25, 0.3) is 0 Å². The van der Waals surface area contributed by atoms with Gasteiger partial charge in [-0.05, 0) is 17.7 Å². The quantitative estimate of drug-likeness (QED) is 0.592. The second-order valence-corrected chi connectivity index (χ2v) is 6.40. The van der Waals surface area contributed by atoms with Gasteiger partial charge in [-0.1, -0.05) is 6.07 Å². The summed E-state index contributed by atoms with van der Waals surface area (Å²) in [7, 11) is -3.12. The molecule has 0 saturated heterocycles. The van der Waals surface area contributed by atoms with Crippen LogP contribution in [0.15, 0.2) is 18.2 Å². The molecule has 1 heterocycles. The molecule has 0 fully saturated rings. The molecular formula is C11H16N2O4S. The van der Waals surface area contributed by atoms with Crippen molar-refractivity contribution in [1.82, 2.24) is 5.43 Å². The molecule has 6 nitrogen and oxygen atoms in total. The molecule has 1 aliphatic rings. The Labute approximate surface area is 106 Å². The Hall–Kier alpha value is -1.31. The summed E-state index contributed by atoms with van der Waals surface area (Å²) in [6, 6.07) is 4.83. The summed E-state index contributed by atoms with van der Waals surface area (Å²) >= 11 is 0. The van der Waals surface area contributed by atoms with Gasteiger partial charge in [0.25, 0.3) is 0 Å². The molecule has 1 unspecified atom stereocenters. The first kappa shape index (κ1) is 13.1. The third kappa shape index (κ3) is 3.12. The van der Waals surface area contributed by atoms with E-state index < -0.39 is 15.9 Å². The Bertz CT molecular complexity index is 530. The van der Waals surface area contributed by atoms with Gasteiger partial charge in [0, 0.05) is 6.26 Å². The Balaban J connectivity index is 2.26. The van der Waals surface area contributed by atoms with Gasteiger partial charge in [-0.3, -0.25) is 11.3 Å². The highest BCUT2D eigenvalue weighted by Crippen LogP contribution is 2.32. The Kier molecular flexibility index (Phi) is 3.74. The van der Waals surface area contributed by atoms with Crippen LogP contribution in [0.1, 0.15) is 11.6 Å². The van der Waals surface area contributed by atoms with Gasteiger partial charge in [0.2, 0.25) is 0 Å². The summed E-state index contributed by atoms with van der Waals surface area (Å²) in [6.45, 7) is 1.01. The molecule has 0 amide bonds. The SMILES string of the molecule is CS(=O)(=O)CC(NN)c1ccc2c(c1)OCCO2. The lowest BCUT2D eigenvalue weighted by Crippen LogP contribution is -2.33. The number of hydrazine groups is 1. The summed E-state index contributed by atoms with van der Waals surface area (Å²) in [5.41, 5.74) is 3.26. The van der Waals surface area contributed by atoms with E-state index in [2.05, 4.69) is 5.43 Å². The third-order valence-electron chi connectivity index (χ3n) is 2.64. The number of fused-ring (bicyclic) bond motifs is 1. The first-order chi connectivity index (χ1) is 8.49. The smallest absolute Gasteiger partial charge is 0.161 e. The van der Waals surface area contributed by atoms with E-state index in [1.165, 1.54) is 6.26 Å². The highest BCUT2D eigenvalue weighted by molar-refractivity contribution is 7.90. The first-order valence-corrected chi connectivity index (χ1v) is 7.59. The van der Waals surface area contributed by atoms with E-state index in [0.717, 1.165) is 5.56 Å². The lowest BCUT2D eigenvalue weighted by atomic mass is 10.1. The van der Waals surface area contributed by atoms with Crippen LogP contribution in [0.2, 0.25) is 0 Å². The maximum Gasteiger partial charge on any atom is 0.161 e. The van der Waals surface area contributed by atoms with Crippen LogP contribution < -0.4 is 20.7 Å². The zero-order valence-electron chi connectivity index (χ0n) is 10.0. The van der Waals surface area contributed by atoms with Gasteiger partial charge in [-0.2, -0.15) is 0 Å². The van der Waals surface area contributed by atoms with Crippen LogP contribution >= 0.6 is 0 Å². The zero-order valence-corrected chi connectivity index (χ0v) is 10.9. The van der Waals surface area contributed by atoms with E-state index in [-0.39, 0.29) is 5.75 Å². The standard InChI is InChI=1S/C11H16N2O4S/c1-18(14,15)7-9(13-12)8-2-3-10-11(6-8)17-5-4-16-10/h2-3,6,9,13H,4-5,7,12H2,1H3. The minimum Gasteiger partial charge on any atom is -0.486 e. The lowest BCUT2D eigenvalue weighted by molar-refractivity contribution is 0.171. The number of nitrogens with one attached hydrogen (secondary N) is 1. The molecular weight excluding hydrogens is 256 g/mol. The predicted molar refractivity (Wildman–Crippen MR) is 67.2 cm³/mol. The number of rotatable bonds is 4. The molecule has 0 radical (unpaired) electrons. The molecule has 0 spiro atoms. The Morgan fingerprint density at radius 1 is 1.33 bits per heavy atom. The summed E-state index contributed by atoms with van der Waals surface area (Å²) in [5.74, 6) is 6.62. The summed E-state index contributed by atoms with van der Waals surface area (Å²) < 4.78 is 33.5. The number of sulfone groups is 1. The second kappa shape index (κ2) is 5.13. The van der Waals surface area contributed by atoms with Gasteiger partial charge in [-0.25, -0.2) is 8.42 Å². The van der Waals surface area contributed by atoms with Crippen molar-refractivity contribution in [1.29, 1.82) is 0 Å². The van der Waals surface area contributed by atoms with Crippen molar-refractivity contribution in [2.24, 2.45) is 5.84 Å². The van der Waals surface area contributed by atoms with Crippen molar-refractivity contribution in [2.45, 2.75) is 6.04 Å². The summed E-state index contributed by atoms with van der Waals surface area (Å²) in [5, 5.41) is 0. The molecule has 2 rings (SSSR count). The maximum absolute atomic E-state index is 11.3. The van der Waals surface area contributed by atoms with Crippen molar-refractivity contribution in [3.05, 3.63) is 23.8 Å². The molecule has 1 atom stereocenters. The summed E-state index contributed by atoms with van der Waals surface area (Å²) in [4.78, 5) is 0. The molecule has 0 aromatic heterocycles. The number of hydrogen-bond donors (Lipinski definition) is 2. The van der Waals surface area contributed by atoms with Gasteiger partial charge >= 0.3 is 0 Å². The molecule has 3 N–H and O–H groups in total. The molecule has 100 valence electrons. The topological polar surface area (TPSA) is 90.7 Å². The van der Waals surface area contributed by atoms with Gasteiger partial charge in [0.05, 0.1) is 11.8 Å². The molecule has 1 aliphatic heterocycles. The van der Waals surface area contributed by atoms with E-state index in [4.69, 9.17) is 15.3 Å². The van der Waals surface area contributed by atoms with Crippen LogP contribution in [0.5, 0.6) is 11.5 Å². The van der Waals surface area contributed by atoms with Gasteiger partial charge in [-0.15, -0.1) is 0 Å². The number of hydrogen-bond acceptors (Lipinski definition) is 6. The van der Waals surface area contributed by atoms with Crippen LogP contribution in [-0.2, 0) is 9.84 Å². The number of nitrogens with two attached hydrogens (primary N) is 1. The van der Waals surface area contributed by atoms with E-state index in [1.807, 2.05) is 0 Å². The first-order valence-electron chi connectivity index (χ1n) is 5.53. The average molecular weight is 272 g/mol. The average Bonchev–Trinajstić information content (AvgIpc) is 2.34. The Morgan fingerprint density at radius 3 is 2.61 bits per heavy atom.